The van der Waals surface area contributed by atoms with E-state index in [1.165, 1.54) is 6.42 Å². The molecule has 1 aliphatic rings. The van der Waals surface area contributed by atoms with Gasteiger partial charge in [-0.3, -0.25) is 9.69 Å². The highest BCUT2D eigenvalue weighted by molar-refractivity contribution is 6.39. The van der Waals surface area contributed by atoms with E-state index in [2.05, 4.69) is 24.1 Å². The van der Waals surface area contributed by atoms with E-state index in [9.17, 15) is 4.79 Å². The number of nitrogens with zero attached hydrogens (tertiary/aromatic N) is 1. The van der Waals surface area contributed by atoms with Gasteiger partial charge in [-0.2, -0.15) is 0 Å². The molecule has 0 spiro atoms. The molecule has 21 heavy (non-hydrogen) atoms. The lowest BCUT2D eigenvalue weighted by atomic mass is 9.91. The van der Waals surface area contributed by atoms with Gasteiger partial charge in [0.15, 0.2) is 0 Å². The third kappa shape index (κ3) is 4.12. The fraction of sp³-hybridized carbons (Fsp3) is 0.562. The van der Waals surface area contributed by atoms with E-state index >= 15 is 0 Å². The van der Waals surface area contributed by atoms with Crippen molar-refractivity contribution in [2.75, 3.05) is 18.4 Å². The van der Waals surface area contributed by atoms with Crippen LogP contribution < -0.4 is 5.32 Å². The maximum atomic E-state index is 12.5. The van der Waals surface area contributed by atoms with E-state index in [0.717, 1.165) is 13.1 Å². The third-order valence-corrected chi connectivity index (χ3v) is 4.67. The quantitative estimate of drug-likeness (QED) is 0.897. The molecule has 0 radical (unpaired) electrons. The van der Waals surface area contributed by atoms with Gasteiger partial charge < -0.3 is 5.32 Å². The molecule has 116 valence electrons. The molecule has 3 atom stereocenters. The summed E-state index contributed by atoms with van der Waals surface area (Å²) in [5.74, 6) is 1.17. The smallest absolute Gasteiger partial charge is 0.241 e. The van der Waals surface area contributed by atoms with Gasteiger partial charge in [0.1, 0.15) is 0 Å². The minimum Gasteiger partial charge on any atom is -0.322 e. The highest BCUT2D eigenvalue weighted by Gasteiger charge is 2.29. The topological polar surface area (TPSA) is 32.3 Å². The molecule has 3 nitrogen and oxygen atoms in total. The van der Waals surface area contributed by atoms with Crippen LogP contribution in [0.15, 0.2) is 18.2 Å². The second-order valence-electron chi connectivity index (χ2n) is 6.16. The maximum absolute atomic E-state index is 12.5. The molecule has 1 fully saturated rings. The van der Waals surface area contributed by atoms with Gasteiger partial charge in [-0.05, 0) is 37.3 Å². The van der Waals surface area contributed by atoms with Crippen LogP contribution in [0.3, 0.4) is 0 Å². The molecule has 0 saturated carbocycles. The molecule has 1 saturated heterocycles. The molecular weight excluding hydrogens is 307 g/mol. The standard InChI is InChI=1S/C16H22Cl2N2O/c1-10-7-11(2)9-20(8-10)12(3)16(21)19-15-13(17)5-4-6-14(15)18/h4-6,10-12H,7-9H2,1-3H3,(H,19,21)/t10-,11-,12+/m1/s1. The van der Waals surface area contributed by atoms with Crippen molar-refractivity contribution >= 4 is 34.8 Å². The molecule has 1 aliphatic heterocycles. The Balaban J connectivity index is 2.06. The van der Waals surface area contributed by atoms with Crippen LogP contribution in [0.5, 0.6) is 0 Å². The molecule has 0 aromatic heterocycles. The van der Waals surface area contributed by atoms with Crippen molar-refractivity contribution in [3.63, 3.8) is 0 Å². The number of rotatable bonds is 3. The first kappa shape index (κ1) is 16.6. The van der Waals surface area contributed by atoms with Crippen molar-refractivity contribution in [1.29, 1.82) is 0 Å². The number of amides is 1. The van der Waals surface area contributed by atoms with Gasteiger partial charge in [0, 0.05) is 13.1 Å². The van der Waals surface area contributed by atoms with Crippen LogP contribution in [0.2, 0.25) is 10.0 Å². The number of carbonyl (C=O) groups is 1. The van der Waals surface area contributed by atoms with Crippen LogP contribution in [0.25, 0.3) is 0 Å². The largest absolute Gasteiger partial charge is 0.322 e. The number of piperidine rings is 1. The zero-order valence-electron chi connectivity index (χ0n) is 12.7. The molecule has 0 bridgehead atoms. The number of carbonyl (C=O) groups excluding carboxylic acids is 1. The number of anilines is 1. The predicted molar refractivity (Wildman–Crippen MR) is 89.1 cm³/mol. The molecular formula is C16H22Cl2N2O. The van der Waals surface area contributed by atoms with Gasteiger partial charge in [-0.1, -0.05) is 43.1 Å². The molecule has 1 amide bonds. The van der Waals surface area contributed by atoms with E-state index in [0.29, 0.717) is 27.6 Å². The normalized spacial score (nSPS) is 24.6. The first-order valence-electron chi connectivity index (χ1n) is 7.37. The number of nitrogens with one attached hydrogen (secondary N) is 1. The van der Waals surface area contributed by atoms with Crippen LogP contribution in [0.1, 0.15) is 27.2 Å². The number of hydrogen-bond acceptors (Lipinski definition) is 2. The Morgan fingerprint density at radius 1 is 1.24 bits per heavy atom. The fourth-order valence-electron chi connectivity index (χ4n) is 3.04. The zero-order chi connectivity index (χ0) is 15.6. The average Bonchev–Trinajstić information content (AvgIpc) is 2.41. The summed E-state index contributed by atoms with van der Waals surface area (Å²) in [6.07, 6.45) is 1.22. The average molecular weight is 329 g/mol. The summed E-state index contributed by atoms with van der Waals surface area (Å²) in [6, 6.07) is 5.01. The van der Waals surface area contributed by atoms with Crippen molar-refractivity contribution in [2.24, 2.45) is 11.8 Å². The van der Waals surface area contributed by atoms with Gasteiger partial charge in [0.2, 0.25) is 5.91 Å². The van der Waals surface area contributed by atoms with Crippen molar-refractivity contribution < 1.29 is 4.79 Å². The molecule has 1 N–H and O–H groups in total. The molecule has 2 rings (SSSR count). The molecule has 1 heterocycles. The number of likely N-dealkylation sites (tertiary alicyclic amines) is 1. The maximum Gasteiger partial charge on any atom is 0.241 e. The SMILES string of the molecule is C[C@@H]1C[C@@H](C)CN([C@@H](C)C(=O)Nc2c(Cl)cccc2Cl)C1. The Kier molecular flexibility index (Phi) is 5.53. The lowest BCUT2D eigenvalue weighted by molar-refractivity contribution is -0.121. The van der Waals surface area contributed by atoms with Crippen molar-refractivity contribution in [3.8, 4) is 0 Å². The number of hydrogen-bond donors (Lipinski definition) is 1. The Morgan fingerprint density at radius 3 is 2.29 bits per heavy atom. The summed E-state index contributed by atoms with van der Waals surface area (Å²) in [4.78, 5) is 14.7. The Morgan fingerprint density at radius 2 is 1.76 bits per heavy atom. The minimum absolute atomic E-state index is 0.0636. The first-order valence-corrected chi connectivity index (χ1v) is 8.13. The molecule has 5 heteroatoms. The Bertz CT molecular complexity index is 491. The molecule has 0 unspecified atom stereocenters. The molecule has 1 aromatic carbocycles. The lowest BCUT2D eigenvalue weighted by Crippen LogP contribution is -2.48. The third-order valence-electron chi connectivity index (χ3n) is 4.04. The number of benzene rings is 1. The summed E-state index contributed by atoms with van der Waals surface area (Å²) in [7, 11) is 0. The Hall–Kier alpha value is -0.770. The molecule has 1 aromatic rings. The van der Waals surface area contributed by atoms with Gasteiger partial charge in [0.05, 0.1) is 21.8 Å². The van der Waals surface area contributed by atoms with Crippen LogP contribution in [-0.4, -0.2) is 29.9 Å². The summed E-state index contributed by atoms with van der Waals surface area (Å²) in [5.41, 5.74) is 0.496. The number of halogens is 2. The number of para-hydroxylation sites is 1. The van der Waals surface area contributed by atoms with Gasteiger partial charge in [0.25, 0.3) is 0 Å². The lowest BCUT2D eigenvalue weighted by Gasteiger charge is -2.38. The summed E-state index contributed by atoms with van der Waals surface area (Å²) in [5, 5.41) is 3.78. The second-order valence-corrected chi connectivity index (χ2v) is 6.98. The Labute approximate surface area is 136 Å². The summed E-state index contributed by atoms with van der Waals surface area (Å²) >= 11 is 12.2. The molecule has 0 aliphatic carbocycles. The van der Waals surface area contributed by atoms with E-state index in [1.54, 1.807) is 18.2 Å². The van der Waals surface area contributed by atoms with Crippen LogP contribution in [-0.2, 0) is 4.79 Å². The van der Waals surface area contributed by atoms with E-state index < -0.39 is 0 Å². The van der Waals surface area contributed by atoms with Crippen LogP contribution >= 0.6 is 23.2 Å². The van der Waals surface area contributed by atoms with Crippen LogP contribution in [0, 0.1) is 11.8 Å². The van der Waals surface area contributed by atoms with E-state index in [4.69, 9.17) is 23.2 Å². The van der Waals surface area contributed by atoms with Gasteiger partial charge >= 0.3 is 0 Å². The van der Waals surface area contributed by atoms with Gasteiger partial charge in [-0.25, -0.2) is 0 Å². The highest BCUT2D eigenvalue weighted by atomic mass is 35.5. The van der Waals surface area contributed by atoms with Crippen molar-refractivity contribution in [1.82, 2.24) is 4.90 Å². The van der Waals surface area contributed by atoms with Crippen molar-refractivity contribution in [2.45, 2.75) is 33.2 Å². The fourth-order valence-corrected chi connectivity index (χ4v) is 3.53. The minimum atomic E-state index is -0.192. The van der Waals surface area contributed by atoms with E-state index in [-0.39, 0.29) is 11.9 Å². The summed E-state index contributed by atoms with van der Waals surface area (Å²) < 4.78 is 0. The first-order chi connectivity index (χ1) is 9.88. The monoisotopic (exact) mass is 328 g/mol. The van der Waals surface area contributed by atoms with Crippen molar-refractivity contribution in [3.05, 3.63) is 28.2 Å². The van der Waals surface area contributed by atoms with E-state index in [1.807, 2.05) is 6.92 Å². The predicted octanol–water partition coefficient (Wildman–Crippen LogP) is 4.30. The van der Waals surface area contributed by atoms with Crippen LogP contribution in [0.4, 0.5) is 5.69 Å². The summed E-state index contributed by atoms with van der Waals surface area (Å²) in [6.45, 7) is 8.31. The second kappa shape index (κ2) is 6.99. The highest BCUT2D eigenvalue weighted by Crippen LogP contribution is 2.30. The van der Waals surface area contributed by atoms with Gasteiger partial charge in [-0.15, -0.1) is 0 Å². The zero-order valence-corrected chi connectivity index (χ0v) is 14.2.